The first-order chi connectivity index (χ1) is 7.99. The molecule has 0 heterocycles. The number of methoxy groups -OCH3 is 1. The second-order valence-corrected chi connectivity index (χ2v) is 6.66. The molecule has 0 aliphatic heterocycles. The second-order valence-electron chi connectivity index (χ2n) is 6.66. The highest BCUT2D eigenvalue weighted by atomic mass is 16.5. The fourth-order valence-electron chi connectivity index (χ4n) is 3.13. The summed E-state index contributed by atoms with van der Waals surface area (Å²) in [5.41, 5.74) is 0.454. The van der Waals surface area contributed by atoms with E-state index >= 15 is 0 Å². The van der Waals surface area contributed by atoms with Crippen molar-refractivity contribution in [1.82, 2.24) is 5.32 Å². The van der Waals surface area contributed by atoms with E-state index in [1.165, 1.54) is 25.8 Å². The van der Waals surface area contributed by atoms with Crippen molar-refractivity contribution < 1.29 is 4.74 Å². The van der Waals surface area contributed by atoms with E-state index in [0.717, 1.165) is 30.9 Å². The van der Waals surface area contributed by atoms with Gasteiger partial charge in [-0.05, 0) is 55.5 Å². The number of rotatable bonds is 5. The van der Waals surface area contributed by atoms with Crippen molar-refractivity contribution in [1.29, 1.82) is 0 Å². The summed E-state index contributed by atoms with van der Waals surface area (Å²) in [6.45, 7) is 12.5. The SMILES string of the molecule is CCNCC1CCC(C(C)(C)C)CC1COC. The van der Waals surface area contributed by atoms with Crippen molar-refractivity contribution in [2.45, 2.75) is 47.0 Å². The molecule has 1 saturated carbocycles. The minimum atomic E-state index is 0.454. The zero-order valence-corrected chi connectivity index (χ0v) is 12.4. The molecule has 1 fully saturated rings. The molecule has 1 N–H and O–H groups in total. The van der Waals surface area contributed by atoms with Crippen LogP contribution in [-0.4, -0.2) is 26.8 Å². The summed E-state index contributed by atoms with van der Waals surface area (Å²) >= 11 is 0. The van der Waals surface area contributed by atoms with Gasteiger partial charge in [0.25, 0.3) is 0 Å². The lowest BCUT2D eigenvalue weighted by atomic mass is 9.65. The fraction of sp³-hybridized carbons (Fsp3) is 1.00. The van der Waals surface area contributed by atoms with E-state index in [2.05, 4.69) is 33.0 Å². The van der Waals surface area contributed by atoms with Gasteiger partial charge in [-0.15, -0.1) is 0 Å². The van der Waals surface area contributed by atoms with Gasteiger partial charge in [0.1, 0.15) is 0 Å². The molecule has 2 nitrogen and oxygen atoms in total. The van der Waals surface area contributed by atoms with Gasteiger partial charge >= 0.3 is 0 Å². The van der Waals surface area contributed by atoms with Crippen LogP contribution in [-0.2, 0) is 4.74 Å². The summed E-state index contributed by atoms with van der Waals surface area (Å²) in [6.07, 6.45) is 4.09. The Hall–Kier alpha value is -0.0800. The monoisotopic (exact) mass is 241 g/mol. The van der Waals surface area contributed by atoms with Gasteiger partial charge in [0.05, 0.1) is 0 Å². The van der Waals surface area contributed by atoms with Crippen LogP contribution in [0.15, 0.2) is 0 Å². The maximum absolute atomic E-state index is 5.42. The Bertz CT molecular complexity index is 209. The lowest BCUT2D eigenvalue weighted by Crippen LogP contribution is -2.38. The summed E-state index contributed by atoms with van der Waals surface area (Å²) in [4.78, 5) is 0. The Kier molecular flexibility index (Phi) is 5.94. The molecule has 0 bridgehead atoms. The van der Waals surface area contributed by atoms with E-state index in [4.69, 9.17) is 4.74 Å². The molecule has 0 aromatic rings. The van der Waals surface area contributed by atoms with Crippen LogP contribution in [0.5, 0.6) is 0 Å². The molecule has 102 valence electrons. The van der Waals surface area contributed by atoms with Gasteiger partial charge in [-0.3, -0.25) is 0 Å². The summed E-state index contributed by atoms with van der Waals surface area (Å²) in [7, 11) is 1.84. The van der Waals surface area contributed by atoms with Crippen LogP contribution in [0, 0.1) is 23.2 Å². The molecule has 17 heavy (non-hydrogen) atoms. The molecular formula is C15H31NO. The highest BCUT2D eigenvalue weighted by Gasteiger charge is 2.35. The summed E-state index contributed by atoms with van der Waals surface area (Å²) in [6, 6.07) is 0. The van der Waals surface area contributed by atoms with Crippen molar-refractivity contribution in [3.63, 3.8) is 0 Å². The number of hydrogen-bond acceptors (Lipinski definition) is 2. The number of hydrogen-bond donors (Lipinski definition) is 1. The van der Waals surface area contributed by atoms with E-state index in [1.807, 2.05) is 7.11 Å². The van der Waals surface area contributed by atoms with Crippen molar-refractivity contribution in [3.05, 3.63) is 0 Å². The smallest absolute Gasteiger partial charge is 0.0493 e. The van der Waals surface area contributed by atoms with E-state index < -0.39 is 0 Å². The highest BCUT2D eigenvalue weighted by Crippen LogP contribution is 2.42. The van der Waals surface area contributed by atoms with Crippen molar-refractivity contribution in [2.75, 3.05) is 26.8 Å². The Morgan fingerprint density at radius 3 is 2.41 bits per heavy atom. The Labute approximate surface area is 108 Å². The largest absolute Gasteiger partial charge is 0.384 e. The molecular weight excluding hydrogens is 210 g/mol. The van der Waals surface area contributed by atoms with E-state index in [9.17, 15) is 0 Å². The highest BCUT2D eigenvalue weighted by molar-refractivity contribution is 4.86. The maximum Gasteiger partial charge on any atom is 0.0493 e. The van der Waals surface area contributed by atoms with Gasteiger partial charge in [-0.25, -0.2) is 0 Å². The zero-order chi connectivity index (χ0) is 12.9. The molecule has 0 aromatic carbocycles. The Morgan fingerprint density at radius 2 is 1.88 bits per heavy atom. The molecule has 3 unspecified atom stereocenters. The standard InChI is InChI=1S/C15H31NO/c1-6-16-10-12-7-8-14(15(2,3)4)9-13(12)11-17-5/h12-14,16H,6-11H2,1-5H3. The first-order valence-electron chi connectivity index (χ1n) is 7.18. The molecule has 0 spiro atoms. The minimum Gasteiger partial charge on any atom is -0.384 e. The topological polar surface area (TPSA) is 21.3 Å². The molecule has 3 atom stereocenters. The molecule has 0 saturated heterocycles. The van der Waals surface area contributed by atoms with Gasteiger partial charge in [-0.1, -0.05) is 27.7 Å². The molecule has 1 aliphatic rings. The summed E-state index contributed by atoms with van der Waals surface area (Å²) < 4.78 is 5.42. The summed E-state index contributed by atoms with van der Waals surface area (Å²) in [5.74, 6) is 2.42. The van der Waals surface area contributed by atoms with Gasteiger partial charge in [-0.2, -0.15) is 0 Å². The molecule has 0 radical (unpaired) electrons. The maximum atomic E-state index is 5.42. The predicted molar refractivity (Wildman–Crippen MR) is 74.2 cm³/mol. The second kappa shape index (κ2) is 6.75. The lowest BCUT2D eigenvalue weighted by molar-refractivity contribution is 0.0421. The van der Waals surface area contributed by atoms with Crippen LogP contribution in [0.2, 0.25) is 0 Å². The molecule has 0 amide bonds. The Balaban J connectivity index is 2.54. The average molecular weight is 241 g/mol. The van der Waals surface area contributed by atoms with Crippen molar-refractivity contribution >= 4 is 0 Å². The van der Waals surface area contributed by atoms with Crippen molar-refractivity contribution in [3.8, 4) is 0 Å². The Morgan fingerprint density at radius 1 is 1.18 bits per heavy atom. The third-order valence-corrected chi connectivity index (χ3v) is 4.40. The van der Waals surface area contributed by atoms with E-state index in [1.54, 1.807) is 0 Å². The van der Waals surface area contributed by atoms with Crippen molar-refractivity contribution in [2.24, 2.45) is 23.2 Å². The van der Waals surface area contributed by atoms with E-state index in [-0.39, 0.29) is 0 Å². The third kappa shape index (κ3) is 4.59. The number of nitrogens with one attached hydrogen (secondary N) is 1. The van der Waals surface area contributed by atoms with Crippen LogP contribution in [0.3, 0.4) is 0 Å². The number of ether oxygens (including phenoxy) is 1. The fourth-order valence-corrected chi connectivity index (χ4v) is 3.13. The van der Waals surface area contributed by atoms with Gasteiger partial charge in [0.2, 0.25) is 0 Å². The minimum absolute atomic E-state index is 0.454. The van der Waals surface area contributed by atoms with E-state index in [0.29, 0.717) is 5.41 Å². The van der Waals surface area contributed by atoms with Gasteiger partial charge in [0.15, 0.2) is 0 Å². The molecule has 2 heteroatoms. The van der Waals surface area contributed by atoms with Crippen LogP contribution in [0.25, 0.3) is 0 Å². The van der Waals surface area contributed by atoms with Gasteiger partial charge in [0, 0.05) is 13.7 Å². The van der Waals surface area contributed by atoms with Crippen LogP contribution in [0.4, 0.5) is 0 Å². The van der Waals surface area contributed by atoms with Crippen LogP contribution < -0.4 is 5.32 Å². The quantitative estimate of drug-likeness (QED) is 0.797. The zero-order valence-electron chi connectivity index (χ0n) is 12.4. The average Bonchev–Trinajstić information content (AvgIpc) is 2.26. The van der Waals surface area contributed by atoms with Gasteiger partial charge < -0.3 is 10.1 Å². The lowest BCUT2D eigenvalue weighted by Gasteiger charge is -2.41. The first-order valence-corrected chi connectivity index (χ1v) is 7.18. The van der Waals surface area contributed by atoms with Crippen LogP contribution >= 0.6 is 0 Å². The molecule has 1 rings (SSSR count). The third-order valence-electron chi connectivity index (χ3n) is 4.40. The summed E-state index contributed by atoms with van der Waals surface area (Å²) in [5, 5.41) is 3.50. The first kappa shape index (κ1) is 15.0. The predicted octanol–water partition coefficient (Wildman–Crippen LogP) is 3.32. The molecule has 1 aliphatic carbocycles. The van der Waals surface area contributed by atoms with Crippen LogP contribution in [0.1, 0.15) is 47.0 Å². The molecule has 0 aromatic heterocycles. The normalized spacial score (nSPS) is 30.5.